The summed E-state index contributed by atoms with van der Waals surface area (Å²) in [5.74, 6) is 0.469. The van der Waals surface area contributed by atoms with Crippen molar-refractivity contribution in [3.05, 3.63) is 81.0 Å². The van der Waals surface area contributed by atoms with Gasteiger partial charge >= 0.3 is 0 Å². The number of aryl methyl sites for hydroxylation is 1. The first-order chi connectivity index (χ1) is 17.3. The molecule has 36 heavy (non-hydrogen) atoms. The number of para-hydroxylation sites is 1. The molecule has 2 aromatic carbocycles. The predicted molar refractivity (Wildman–Crippen MR) is 148 cm³/mol. The molecule has 1 aliphatic heterocycles. The lowest BCUT2D eigenvalue weighted by Gasteiger charge is -2.26. The molecule has 0 fully saturated rings. The molecule has 0 saturated carbocycles. The van der Waals surface area contributed by atoms with Crippen molar-refractivity contribution in [3.8, 4) is 5.69 Å². The van der Waals surface area contributed by atoms with E-state index in [0.717, 1.165) is 27.4 Å². The number of fused-ring (bicyclic) bond motifs is 3. The Hall–Kier alpha value is -2.94. The fourth-order valence-electron chi connectivity index (χ4n) is 4.45. The Balaban J connectivity index is 1.57. The van der Waals surface area contributed by atoms with E-state index in [1.54, 1.807) is 16.5 Å². The number of carbonyl (C=O) groups excluding carboxylic acids is 1. The largest absolute Gasteiger partial charge is 0.372 e. The van der Waals surface area contributed by atoms with Crippen LogP contribution in [0.1, 0.15) is 29.9 Å². The van der Waals surface area contributed by atoms with Gasteiger partial charge in [0.15, 0.2) is 5.16 Å². The lowest BCUT2D eigenvalue weighted by molar-refractivity contribution is -0.115. The minimum Gasteiger partial charge on any atom is -0.372 e. The van der Waals surface area contributed by atoms with Crippen molar-refractivity contribution in [2.24, 2.45) is 5.92 Å². The summed E-state index contributed by atoms with van der Waals surface area (Å²) in [6.07, 6.45) is 0.798. The van der Waals surface area contributed by atoms with Gasteiger partial charge in [-0.05, 0) is 48.2 Å². The molecule has 6 nitrogen and oxygen atoms in total. The van der Waals surface area contributed by atoms with Gasteiger partial charge in [-0.1, -0.05) is 55.9 Å². The molecular weight excluding hydrogens is 490 g/mol. The number of carbonyl (C=O) groups is 1. The van der Waals surface area contributed by atoms with E-state index in [2.05, 4.69) is 13.8 Å². The summed E-state index contributed by atoms with van der Waals surface area (Å²) < 4.78 is 7.73. The molecule has 0 radical (unpaired) electrons. The number of ether oxygens (including phenoxy) is 1. The van der Waals surface area contributed by atoms with Gasteiger partial charge in [0.25, 0.3) is 5.56 Å². The van der Waals surface area contributed by atoms with Crippen LogP contribution >= 0.6 is 23.1 Å². The van der Waals surface area contributed by atoms with E-state index in [0.29, 0.717) is 34.3 Å². The monoisotopic (exact) mass is 519 g/mol. The Morgan fingerprint density at radius 3 is 2.72 bits per heavy atom. The van der Waals surface area contributed by atoms with Crippen molar-refractivity contribution in [2.75, 3.05) is 17.7 Å². The molecule has 186 valence electrons. The Kier molecular flexibility index (Phi) is 7.01. The van der Waals surface area contributed by atoms with Crippen LogP contribution in [0.4, 0.5) is 5.69 Å². The van der Waals surface area contributed by atoms with Gasteiger partial charge in [0.05, 0.1) is 29.5 Å². The second kappa shape index (κ2) is 10.2. The van der Waals surface area contributed by atoms with Crippen LogP contribution in [0.25, 0.3) is 15.9 Å². The number of amides is 1. The van der Waals surface area contributed by atoms with E-state index in [-0.39, 0.29) is 23.3 Å². The first-order valence-electron chi connectivity index (χ1n) is 12.0. The predicted octanol–water partition coefficient (Wildman–Crippen LogP) is 5.61. The third kappa shape index (κ3) is 4.73. The van der Waals surface area contributed by atoms with E-state index < -0.39 is 0 Å². The van der Waals surface area contributed by atoms with Crippen LogP contribution in [0.5, 0.6) is 0 Å². The number of thiophene rings is 1. The number of nitrogens with zero attached hydrogens (tertiary/aromatic N) is 3. The highest BCUT2D eigenvalue weighted by atomic mass is 32.2. The SMILES string of the molecule is Cc1cccc(-n2c(SCC(=O)N(C)c3ccccc3)nc3sc4c(c3c2=O)CC(C(C)C)OC4)c1. The first-order valence-corrected chi connectivity index (χ1v) is 13.8. The van der Waals surface area contributed by atoms with E-state index >= 15 is 0 Å². The fourth-order valence-corrected chi connectivity index (χ4v) is 6.54. The average molecular weight is 520 g/mol. The number of aromatic nitrogens is 2. The standard InChI is InChI=1S/C28H29N3O3S2/c1-17(2)22-14-21-23(15-34-22)36-26-25(21)27(33)31(20-12-8-9-18(3)13-20)28(29-26)35-16-24(32)30(4)19-10-6-5-7-11-19/h5-13,17,22H,14-16H2,1-4H3. The highest BCUT2D eigenvalue weighted by Crippen LogP contribution is 2.36. The summed E-state index contributed by atoms with van der Waals surface area (Å²) in [7, 11) is 1.76. The molecule has 1 amide bonds. The van der Waals surface area contributed by atoms with Gasteiger partial charge in [0.2, 0.25) is 5.91 Å². The maximum Gasteiger partial charge on any atom is 0.267 e. The smallest absolute Gasteiger partial charge is 0.267 e. The topological polar surface area (TPSA) is 64.4 Å². The number of thioether (sulfide) groups is 1. The summed E-state index contributed by atoms with van der Waals surface area (Å²) >= 11 is 2.82. The van der Waals surface area contributed by atoms with Crippen LogP contribution in [-0.2, 0) is 22.6 Å². The molecular formula is C28H29N3O3S2. The van der Waals surface area contributed by atoms with Gasteiger partial charge in [0, 0.05) is 24.0 Å². The van der Waals surface area contributed by atoms with Crippen LogP contribution in [0.2, 0.25) is 0 Å². The lowest BCUT2D eigenvalue weighted by Crippen LogP contribution is -2.29. The van der Waals surface area contributed by atoms with Crippen LogP contribution in [0.15, 0.2) is 64.5 Å². The molecule has 1 unspecified atom stereocenters. The molecule has 8 heteroatoms. The summed E-state index contributed by atoms with van der Waals surface area (Å²) in [5.41, 5.74) is 3.62. The van der Waals surface area contributed by atoms with Crippen molar-refractivity contribution >= 4 is 44.9 Å². The normalized spacial score (nSPS) is 15.3. The highest BCUT2D eigenvalue weighted by Gasteiger charge is 2.29. The molecule has 0 spiro atoms. The van der Waals surface area contributed by atoms with Crippen LogP contribution < -0.4 is 10.5 Å². The maximum atomic E-state index is 14.1. The van der Waals surface area contributed by atoms with Crippen molar-refractivity contribution in [1.29, 1.82) is 0 Å². The minimum atomic E-state index is -0.0844. The zero-order valence-corrected chi connectivity index (χ0v) is 22.5. The lowest BCUT2D eigenvalue weighted by atomic mass is 9.96. The van der Waals surface area contributed by atoms with Crippen molar-refractivity contribution in [1.82, 2.24) is 9.55 Å². The summed E-state index contributed by atoms with van der Waals surface area (Å²) in [4.78, 5) is 35.4. The van der Waals surface area contributed by atoms with Crippen molar-refractivity contribution < 1.29 is 9.53 Å². The zero-order chi connectivity index (χ0) is 25.4. The maximum absolute atomic E-state index is 14.1. The number of anilines is 1. The van der Waals surface area contributed by atoms with Crippen LogP contribution in [0.3, 0.4) is 0 Å². The van der Waals surface area contributed by atoms with Crippen LogP contribution in [-0.4, -0.2) is 34.4 Å². The molecule has 3 heterocycles. The van der Waals surface area contributed by atoms with Gasteiger partial charge in [-0.15, -0.1) is 11.3 Å². The third-order valence-electron chi connectivity index (χ3n) is 6.56. The molecule has 0 saturated heterocycles. The number of hydrogen-bond donors (Lipinski definition) is 0. The van der Waals surface area contributed by atoms with Gasteiger partial charge in [0.1, 0.15) is 4.83 Å². The summed E-state index contributed by atoms with van der Waals surface area (Å²) in [6, 6.07) is 17.4. The molecule has 0 N–H and O–H groups in total. The highest BCUT2D eigenvalue weighted by molar-refractivity contribution is 7.99. The second-order valence-electron chi connectivity index (χ2n) is 9.43. The Morgan fingerprint density at radius 1 is 1.22 bits per heavy atom. The first kappa shape index (κ1) is 24.7. The van der Waals surface area contributed by atoms with Gasteiger partial charge in [-0.2, -0.15) is 0 Å². The number of benzene rings is 2. The summed E-state index contributed by atoms with van der Waals surface area (Å²) in [5, 5.41) is 1.20. The van der Waals surface area contributed by atoms with E-state index in [1.165, 1.54) is 23.1 Å². The van der Waals surface area contributed by atoms with Crippen molar-refractivity contribution in [3.63, 3.8) is 0 Å². The average Bonchev–Trinajstić information content (AvgIpc) is 3.25. The minimum absolute atomic E-state index is 0.0602. The van der Waals surface area contributed by atoms with E-state index in [1.807, 2.05) is 61.5 Å². The third-order valence-corrected chi connectivity index (χ3v) is 8.58. The second-order valence-corrected chi connectivity index (χ2v) is 11.5. The quantitative estimate of drug-likeness (QED) is 0.245. The molecule has 1 atom stereocenters. The number of hydrogen-bond acceptors (Lipinski definition) is 6. The molecule has 5 rings (SSSR count). The van der Waals surface area contributed by atoms with Crippen LogP contribution in [0, 0.1) is 12.8 Å². The Bertz CT molecular complexity index is 1480. The molecule has 0 bridgehead atoms. The molecule has 4 aromatic rings. The molecule has 0 aliphatic carbocycles. The fraction of sp³-hybridized carbons (Fsp3) is 0.321. The van der Waals surface area contributed by atoms with E-state index in [9.17, 15) is 9.59 Å². The van der Waals surface area contributed by atoms with Gasteiger partial charge in [-0.25, -0.2) is 4.98 Å². The number of rotatable bonds is 6. The Labute approximate surface area is 218 Å². The molecule has 2 aromatic heterocycles. The van der Waals surface area contributed by atoms with Gasteiger partial charge in [-0.3, -0.25) is 14.2 Å². The van der Waals surface area contributed by atoms with E-state index in [4.69, 9.17) is 9.72 Å². The van der Waals surface area contributed by atoms with Gasteiger partial charge < -0.3 is 9.64 Å². The molecule has 1 aliphatic rings. The zero-order valence-electron chi connectivity index (χ0n) is 20.9. The van der Waals surface area contributed by atoms with Crippen molar-refractivity contribution in [2.45, 2.75) is 45.1 Å². The Morgan fingerprint density at radius 2 is 2.00 bits per heavy atom. The summed E-state index contributed by atoms with van der Waals surface area (Å²) in [6.45, 7) is 6.80.